The third-order valence-corrected chi connectivity index (χ3v) is 2.62. The number of nitrogens with two attached hydrogens (primary N) is 1. The van der Waals surface area contributed by atoms with Crippen molar-refractivity contribution in [2.24, 2.45) is 5.73 Å². The highest BCUT2D eigenvalue weighted by Crippen LogP contribution is 2.25. The molecule has 5 heteroatoms. The van der Waals surface area contributed by atoms with Gasteiger partial charge in [-0.1, -0.05) is 11.2 Å². The molecule has 1 aromatic heterocycles. The van der Waals surface area contributed by atoms with Crippen LogP contribution in [-0.2, 0) is 24.5 Å². The fourth-order valence-corrected chi connectivity index (χ4v) is 1.76. The molecule has 0 unspecified atom stereocenters. The van der Waals surface area contributed by atoms with Crippen LogP contribution in [0.1, 0.15) is 17.0 Å². The van der Waals surface area contributed by atoms with Gasteiger partial charge in [0.2, 0.25) is 0 Å². The van der Waals surface area contributed by atoms with E-state index in [1.807, 2.05) is 18.2 Å². The van der Waals surface area contributed by atoms with Crippen molar-refractivity contribution in [3.8, 4) is 11.5 Å². The molecule has 2 heterocycles. The van der Waals surface area contributed by atoms with E-state index in [1.165, 1.54) is 11.1 Å². The van der Waals surface area contributed by atoms with Crippen LogP contribution in [0.4, 0.5) is 0 Å². The van der Waals surface area contributed by atoms with Crippen molar-refractivity contribution in [1.82, 2.24) is 10.1 Å². The molecule has 0 aliphatic carbocycles. The van der Waals surface area contributed by atoms with E-state index in [1.54, 1.807) is 0 Å². The molecule has 0 saturated carbocycles. The Morgan fingerprint density at radius 3 is 2.94 bits per heavy atom. The van der Waals surface area contributed by atoms with Crippen molar-refractivity contribution in [2.45, 2.75) is 19.8 Å². The Morgan fingerprint density at radius 2 is 2.12 bits per heavy atom. The van der Waals surface area contributed by atoms with Gasteiger partial charge in [-0.15, -0.1) is 0 Å². The van der Waals surface area contributed by atoms with Gasteiger partial charge in [-0.25, -0.2) is 0 Å². The smallest absolute Gasteiger partial charge is 0.257 e. The molecule has 0 atom stereocenters. The largest absolute Gasteiger partial charge is 0.372 e. The monoisotopic (exact) mass is 217 g/mol. The number of hydrogen-bond donors (Lipinski definition) is 1. The number of ether oxygens (including phenoxy) is 1. The lowest BCUT2D eigenvalue weighted by atomic mass is 10.1. The van der Waals surface area contributed by atoms with Crippen LogP contribution in [0, 0.1) is 0 Å². The van der Waals surface area contributed by atoms with E-state index < -0.39 is 0 Å². The predicted octanol–water partition coefficient (Wildman–Crippen LogP) is 1.23. The molecule has 0 fully saturated rings. The van der Waals surface area contributed by atoms with Crippen LogP contribution in [0.15, 0.2) is 22.7 Å². The first-order chi connectivity index (χ1) is 7.86. The summed E-state index contributed by atoms with van der Waals surface area (Å²) < 4.78 is 10.5. The summed E-state index contributed by atoms with van der Waals surface area (Å²) in [6.07, 6.45) is 0. The Balaban J connectivity index is 2.00. The first kappa shape index (κ1) is 9.50. The molecule has 16 heavy (non-hydrogen) atoms. The van der Waals surface area contributed by atoms with Crippen LogP contribution >= 0.6 is 0 Å². The summed E-state index contributed by atoms with van der Waals surface area (Å²) in [6.45, 7) is 1.63. The van der Waals surface area contributed by atoms with Gasteiger partial charge >= 0.3 is 0 Å². The molecule has 2 aromatic rings. The van der Waals surface area contributed by atoms with E-state index in [4.69, 9.17) is 15.0 Å². The quantitative estimate of drug-likeness (QED) is 0.818. The highest BCUT2D eigenvalue weighted by molar-refractivity contribution is 5.56. The minimum absolute atomic E-state index is 0.289. The normalized spacial score (nSPS) is 14.1. The Bertz CT molecular complexity index is 522. The summed E-state index contributed by atoms with van der Waals surface area (Å²) in [5, 5.41) is 3.76. The van der Waals surface area contributed by atoms with Crippen LogP contribution in [0.25, 0.3) is 11.5 Å². The molecular formula is C11H11N3O2. The maximum Gasteiger partial charge on any atom is 0.257 e. The second-order valence-corrected chi connectivity index (χ2v) is 3.70. The molecule has 82 valence electrons. The summed E-state index contributed by atoms with van der Waals surface area (Å²) in [5.41, 5.74) is 8.75. The van der Waals surface area contributed by atoms with Crippen molar-refractivity contribution < 1.29 is 9.26 Å². The molecule has 2 N–H and O–H groups in total. The average Bonchev–Trinajstić information content (AvgIpc) is 2.96. The van der Waals surface area contributed by atoms with E-state index in [2.05, 4.69) is 10.1 Å². The summed E-state index contributed by atoms with van der Waals surface area (Å²) in [6, 6.07) is 6.02. The molecule has 3 rings (SSSR count). The predicted molar refractivity (Wildman–Crippen MR) is 56.1 cm³/mol. The summed E-state index contributed by atoms with van der Waals surface area (Å²) in [4.78, 5) is 4.18. The standard InChI is InChI=1S/C11H11N3O2/c12-4-10-13-11(16-14-10)7-1-2-8-5-15-6-9(8)3-7/h1-3H,4-6,12H2. The lowest BCUT2D eigenvalue weighted by Gasteiger charge is -1.98. The molecule has 0 bridgehead atoms. The molecule has 1 aliphatic rings. The van der Waals surface area contributed by atoms with E-state index in [-0.39, 0.29) is 6.54 Å². The molecule has 5 nitrogen and oxygen atoms in total. The van der Waals surface area contributed by atoms with Crippen molar-refractivity contribution in [3.63, 3.8) is 0 Å². The van der Waals surface area contributed by atoms with Crippen LogP contribution in [0.3, 0.4) is 0 Å². The highest BCUT2D eigenvalue weighted by Gasteiger charge is 2.14. The van der Waals surface area contributed by atoms with E-state index in [0.717, 1.165) is 5.56 Å². The fourth-order valence-electron chi connectivity index (χ4n) is 1.76. The average molecular weight is 217 g/mol. The molecule has 0 saturated heterocycles. The van der Waals surface area contributed by atoms with E-state index in [9.17, 15) is 0 Å². The lowest BCUT2D eigenvalue weighted by Crippen LogP contribution is -1.97. The maximum absolute atomic E-state index is 5.43. The first-order valence-electron chi connectivity index (χ1n) is 5.09. The SMILES string of the molecule is NCc1noc(-c2ccc3c(c2)COC3)n1. The van der Waals surface area contributed by atoms with Crippen molar-refractivity contribution in [1.29, 1.82) is 0 Å². The highest BCUT2D eigenvalue weighted by atomic mass is 16.5. The van der Waals surface area contributed by atoms with Crippen LogP contribution in [0.2, 0.25) is 0 Å². The number of hydrogen-bond acceptors (Lipinski definition) is 5. The Morgan fingerprint density at radius 1 is 1.25 bits per heavy atom. The molecule has 0 spiro atoms. The topological polar surface area (TPSA) is 74.2 Å². The van der Waals surface area contributed by atoms with Gasteiger partial charge < -0.3 is 15.0 Å². The number of rotatable bonds is 2. The van der Waals surface area contributed by atoms with Gasteiger partial charge in [-0.2, -0.15) is 4.98 Å². The number of aromatic nitrogens is 2. The van der Waals surface area contributed by atoms with Crippen molar-refractivity contribution >= 4 is 0 Å². The Kier molecular flexibility index (Phi) is 2.19. The lowest BCUT2D eigenvalue weighted by molar-refractivity contribution is 0.134. The molecule has 1 aromatic carbocycles. The maximum atomic E-state index is 5.43. The van der Waals surface area contributed by atoms with E-state index >= 15 is 0 Å². The van der Waals surface area contributed by atoms with E-state index in [0.29, 0.717) is 24.9 Å². The second kappa shape index (κ2) is 3.70. The molecule has 0 radical (unpaired) electrons. The summed E-state index contributed by atoms with van der Waals surface area (Å²) in [5.74, 6) is 1.03. The third-order valence-electron chi connectivity index (χ3n) is 2.62. The van der Waals surface area contributed by atoms with Gasteiger partial charge in [-0.3, -0.25) is 0 Å². The van der Waals surface area contributed by atoms with Gasteiger partial charge in [0, 0.05) is 5.56 Å². The zero-order valence-electron chi connectivity index (χ0n) is 8.64. The summed E-state index contributed by atoms with van der Waals surface area (Å²) >= 11 is 0. The number of nitrogens with zero attached hydrogens (tertiary/aromatic N) is 2. The first-order valence-corrected chi connectivity index (χ1v) is 5.09. The second-order valence-electron chi connectivity index (χ2n) is 3.70. The van der Waals surface area contributed by atoms with Gasteiger partial charge in [0.25, 0.3) is 5.89 Å². The van der Waals surface area contributed by atoms with Crippen molar-refractivity contribution in [3.05, 3.63) is 35.2 Å². The molecule has 1 aliphatic heterocycles. The van der Waals surface area contributed by atoms with Crippen LogP contribution in [0.5, 0.6) is 0 Å². The van der Waals surface area contributed by atoms with Crippen LogP contribution in [-0.4, -0.2) is 10.1 Å². The fraction of sp³-hybridized carbons (Fsp3) is 0.273. The van der Waals surface area contributed by atoms with Crippen LogP contribution < -0.4 is 5.73 Å². The summed E-state index contributed by atoms with van der Waals surface area (Å²) in [7, 11) is 0. The third kappa shape index (κ3) is 1.50. The van der Waals surface area contributed by atoms with Gasteiger partial charge in [-0.05, 0) is 23.3 Å². The Hall–Kier alpha value is -1.72. The van der Waals surface area contributed by atoms with Crippen molar-refractivity contribution in [2.75, 3.05) is 0 Å². The molecular weight excluding hydrogens is 206 g/mol. The van der Waals surface area contributed by atoms with Gasteiger partial charge in [0.1, 0.15) is 0 Å². The zero-order valence-corrected chi connectivity index (χ0v) is 8.64. The minimum atomic E-state index is 0.289. The zero-order chi connectivity index (χ0) is 11.0. The van der Waals surface area contributed by atoms with Gasteiger partial charge in [0.15, 0.2) is 5.82 Å². The minimum Gasteiger partial charge on any atom is -0.372 e. The number of fused-ring (bicyclic) bond motifs is 1. The number of benzene rings is 1. The Labute approximate surface area is 92.2 Å². The molecule has 0 amide bonds. The van der Waals surface area contributed by atoms with Gasteiger partial charge in [0.05, 0.1) is 19.8 Å².